The molecule has 0 saturated carbocycles. The highest BCUT2D eigenvalue weighted by atomic mass is 16.2. The van der Waals surface area contributed by atoms with E-state index in [9.17, 15) is 9.59 Å². The van der Waals surface area contributed by atoms with Crippen LogP contribution in [0.15, 0.2) is 18.2 Å². The SMILES string of the molecule is CCc1cccc(C)c1NC(=O)C(C)(C)C(=O)N1CCN(CC)CC1. The van der Waals surface area contributed by atoms with Gasteiger partial charge in [0, 0.05) is 31.9 Å². The summed E-state index contributed by atoms with van der Waals surface area (Å²) in [5, 5.41) is 3.01. The molecule has 0 bridgehead atoms. The Balaban J connectivity index is 2.11. The number of hydrogen-bond donors (Lipinski definition) is 1. The van der Waals surface area contributed by atoms with Crippen LogP contribution in [0.4, 0.5) is 5.69 Å². The number of likely N-dealkylation sites (N-methyl/N-ethyl adjacent to an activating group) is 1. The molecule has 0 aliphatic carbocycles. The molecule has 2 amide bonds. The van der Waals surface area contributed by atoms with E-state index in [1.807, 2.05) is 30.0 Å². The molecule has 25 heavy (non-hydrogen) atoms. The minimum Gasteiger partial charge on any atom is -0.339 e. The summed E-state index contributed by atoms with van der Waals surface area (Å²) in [6.07, 6.45) is 0.838. The smallest absolute Gasteiger partial charge is 0.239 e. The quantitative estimate of drug-likeness (QED) is 0.835. The van der Waals surface area contributed by atoms with Gasteiger partial charge in [-0.25, -0.2) is 0 Å². The van der Waals surface area contributed by atoms with Gasteiger partial charge in [0.15, 0.2) is 0 Å². The summed E-state index contributed by atoms with van der Waals surface area (Å²) in [5.41, 5.74) is 1.87. The first kappa shape index (κ1) is 19.4. The topological polar surface area (TPSA) is 52.7 Å². The monoisotopic (exact) mass is 345 g/mol. The molecule has 1 aromatic rings. The zero-order valence-corrected chi connectivity index (χ0v) is 16.2. The Morgan fingerprint density at radius 1 is 1.12 bits per heavy atom. The second-order valence-electron chi connectivity index (χ2n) is 7.27. The highest BCUT2D eigenvalue weighted by molar-refractivity contribution is 6.10. The van der Waals surface area contributed by atoms with Crippen molar-refractivity contribution >= 4 is 17.5 Å². The highest BCUT2D eigenvalue weighted by Gasteiger charge is 2.40. The van der Waals surface area contributed by atoms with Crippen molar-refractivity contribution in [1.29, 1.82) is 0 Å². The lowest BCUT2D eigenvalue weighted by molar-refractivity contribution is -0.147. The Morgan fingerprint density at radius 3 is 2.32 bits per heavy atom. The molecule has 1 saturated heterocycles. The highest BCUT2D eigenvalue weighted by Crippen LogP contribution is 2.26. The molecule has 2 rings (SSSR count). The maximum atomic E-state index is 12.9. The Bertz CT molecular complexity index is 632. The van der Waals surface area contributed by atoms with E-state index in [2.05, 4.69) is 24.1 Å². The average molecular weight is 345 g/mol. The summed E-state index contributed by atoms with van der Waals surface area (Å²) in [4.78, 5) is 30.0. The van der Waals surface area contributed by atoms with Crippen molar-refractivity contribution < 1.29 is 9.59 Å². The minimum absolute atomic E-state index is 0.0904. The Kier molecular flexibility index (Phi) is 6.22. The van der Waals surface area contributed by atoms with Gasteiger partial charge in [-0.1, -0.05) is 32.0 Å². The molecule has 1 aliphatic rings. The molecular weight excluding hydrogens is 314 g/mol. The van der Waals surface area contributed by atoms with Crippen molar-refractivity contribution in [1.82, 2.24) is 9.80 Å². The van der Waals surface area contributed by atoms with Gasteiger partial charge in [-0.15, -0.1) is 0 Å². The van der Waals surface area contributed by atoms with E-state index in [4.69, 9.17) is 0 Å². The van der Waals surface area contributed by atoms with Crippen molar-refractivity contribution in [2.24, 2.45) is 5.41 Å². The van der Waals surface area contributed by atoms with Crippen LogP contribution in [0.3, 0.4) is 0 Å². The lowest BCUT2D eigenvalue weighted by atomic mass is 9.89. The predicted molar refractivity (Wildman–Crippen MR) is 102 cm³/mol. The number of aryl methyl sites for hydroxylation is 2. The lowest BCUT2D eigenvalue weighted by Gasteiger charge is -2.37. The summed E-state index contributed by atoms with van der Waals surface area (Å²) in [6, 6.07) is 5.99. The van der Waals surface area contributed by atoms with E-state index >= 15 is 0 Å². The van der Waals surface area contributed by atoms with Gasteiger partial charge in [-0.05, 0) is 44.9 Å². The number of carbonyl (C=O) groups is 2. The predicted octanol–water partition coefficient (Wildman–Crippen LogP) is 2.69. The van der Waals surface area contributed by atoms with Crippen LogP contribution in [-0.4, -0.2) is 54.3 Å². The number of amides is 2. The Hall–Kier alpha value is -1.88. The number of para-hydroxylation sites is 1. The van der Waals surface area contributed by atoms with Crippen LogP contribution in [0.1, 0.15) is 38.8 Å². The number of benzene rings is 1. The first-order valence-corrected chi connectivity index (χ1v) is 9.22. The fourth-order valence-electron chi connectivity index (χ4n) is 3.23. The van der Waals surface area contributed by atoms with Crippen LogP contribution in [0.25, 0.3) is 0 Å². The molecule has 5 nitrogen and oxygen atoms in total. The number of nitrogens with one attached hydrogen (secondary N) is 1. The van der Waals surface area contributed by atoms with Gasteiger partial charge in [-0.2, -0.15) is 0 Å². The van der Waals surface area contributed by atoms with Gasteiger partial charge in [0.25, 0.3) is 0 Å². The molecule has 0 radical (unpaired) electrons. The summed E-state index contributed by atoms with van der Waals surface area (Å²) < 4.78 is 0. The molecular formula is C20H31N3O2. The Labute approximate surface area is 151 Å². The van der Waals surface area contributed by atoms with Crippen LogP contribution < -0.4 is 5.32 Å². The third-order valence-electron chi connectivity index (χ3n) is 5.19. The molecule has 1 N–H and O–H groups in total. The van der Waals surface area contributed by atoms with E-state index in [-0.39, 0.29) is 11.8 Å². The summed E-state index contributed by atoms with van der Waals surface area (Å²) in [6.45, 7) is 13.7. The zero-order valence-electron chi connectivity index (χ0n) is 16.2. The third-order valence-corrected chi connectivity index (χ3v) is 5.19. The number of hydrogen-bond acceptors (Lipinski definition) is 3. The van der Waals surface area contributed by atoms with Gasteiger partial charge in [0.05, 0.1) is 0 Å². The van der Waals surface area contributed by atoms with Crippen molar-refractivity contribution in [3.05, 3.63) is 29.3 Å². The summed E-state index contributed by atoms with van der Waals surface area (Å²) in [7, 11) is 0. The zero-order chi connectivity index (χ0) is 18.6. The van der Waals surface area contributed by atoms with Gasteiger partial charge in [-0.3, -0.25) is 9.59 Å². The molecule has 5 heteroatoms. The molecule has 0 aromatic heterocycles. The van der Waals surface area contributed by atoms with Crippen LogP contribution in [-0.2, 0) is 16.0 Å². The molecule has 1 fully saturated rings. The molecule has 1 heterocycles. The molecule has 0 spiro atoms. The fraction of sp³-hybridized carbons (Fsp3) is 0.600. The molecule has 0 unspecified atom stereocenters. The largest absolute Gasteiger partial charge is 0.339 e. The van der Waals surface area contributed by atoms with Crippen molar-refractivity contribution in [3.8, 4) is 0 Å². The fourth-order valence-corrected chi connectivity index (χ4v) is 3.23. The van der Waals surface area contributed by atoms with Gasteiger partial charge >= 0.3 is 0 Å². The number of rotatable bonds is 5. The van der Waals surface area contributed by atoms with E-state index in [1.54, 1.807) is 13.8 Å². The van der Waals surface area contributed by atoms with Crippen molar-refractivity contribution in [2.45, 2.75) is 41.0 Å². The Morgan fingerprint density at radius 2 is 1.76 bits per heavy atom. The minimum atomic E-state index is -1.08. The second kappa shape index (κ2) is 8.00. The molecule has 138 valence electrons. The van der Waals surface area contributed by atoms with Crippen molar-refractivity contribution in [3.63, 3.8) is 0 Å². The molecule has 1 aliphatic heterocycles. The number of anilines is 1. The maximum absolute atomic E-state index is 12.9. The summed E-state index contributed by atoms with van der Waals surface area (Å²) in [5.74, 6) is -0.327. The standard InChI is InChI=1S/C20H31N3O2/c1-6-16-10-8-9-15(3)17(16)21-18(24)20(4,5)19(25)23-13-11-22(7-2)12-14-23/h8-10H,6-7,11-14H2,1-5H3,(H,21,24). The average Bonchev–Trinajstić information content (AvgIpc) is 2.62. The maximum Gasteiger partial charge on any atom is 0.239 e. The number of carbonyl (C=O) groups excluding carboxylic acids is 2. The van der Waals surface area contributed by atoms with E-state index in [0.29, 0.717) is 13.1 Å². The first-order chi connectivity index (χ1) is 11.8. The van der Waals surface area contributed by atoms with Gasteiger partial charge in [0.1, 0.15) is 5.41 Å². The summed E-state index contributed by atoms with van der Waals surface area (Å²) >= 11 is 0. The van der Waals surface area contributed by atoms with Crippen LogP contribution in [0, 0.1) is 12.3 Å². The van der Waals surface area contributed by atoms with Crippen LogP contribution >= 0.6 is 0 Å². The number of piperazine rings is 1. The van der Waals surface area contributed by atoms with Gasteiger partial charge in [0.2, 0.25) is 11.8 Å². The van der Waals surface area contributed by atoms with Gasteiger partial charge < -0.3 is 15.1 Å². The van der Waals surface area contributed by atoms with E-state index in [0.717, 1.165) is 42.9 Å². The first-order valence-electron chi connectivity index (χ1n) is 9.22. The van der Waals surface area contributed by atoms with Crippen molar-refractivity contribution in [2.75, 3.05) is 38.0 Å². The van der Waals surface area contributed by atoms with E-state index < -0.39 is 5.41 Å². The molecule has 1 aromatic carbocycles. The second-order valence-corrected chi connectivity index (χ2v) is 7.27. The van der Waals surface area contributed by atoms with Crippen LogP contribution in [0.5, 0.6) is 0 Å². The van der Waals surface area contributed by atoms with E-state index in [1.165, 1.54) is 0 Å². The van der Waals surface area contributed by atoms with Crippen LogP contribution in [0.2, 0.25) is 0 Å². The number of nitrogens with zero attached hydrogens (tertiary/aromatic N) is 2. The normalized spacial score (nSPS) is 16.0. The third kappa shape index (κ3) is 4.21. The lowest BCUT2D eigenvalue weighted by Crippen LogP contribution is -2.54. The molecule has 0 atom stereocenters.